The van der Waals surface area contributed by atoms with E-state index in [0.717, 1.165) is 10.2 Å². The lowest BCUT2D eigenvalue weighted by Crippen LogP contribution is -2.23. The molecule has 0 N–H and O–H groups in total. The van der Waals surface area contributed by atoms with Crippen LogP contribution in [0.3, 0.4) is 0 Å². The molecule has 0 atom stereocenters. The van der Waals surface area contributed by atoms with Crippen molar-refractivity contribution in [2.45, 2.75) is 13.5 Å². The van der Waals surface area contributed by atoms with Crippen molar-refractivity contribution in [3.05, 3.63) is 52.3 Å². The van der Waals surface area contributed by atoms with E-state index in [-0.39, 0.29) is 18.8 Å². The van der Waals surface area contributed by atoms with Crippen LogP contribution in [0.4, 0.5) is 0 Å². The van der Waals surface area contributed by atoms with Gasteiger partial charge in [-0.2, -0.15) is 4.99 Å². The average Bonchev–Trinajstić information content (AvgIpc) is 2.92. The van der Waals surface area contributed by atoms with Gasteiger partial charge in [-0.05, 0) is 25.1 Å². The Bertz CT molecular complexity index is 998. The minimum atomic E-state index is -0.539. The van der Waals surface area contributed by atoms with Gasteiger partial charge < -0.3 is 9.30 Å². The number of nitrogens with zero attached hydrogens (tertiary/aromatic N) is 4. The number of hydrogen-bond acceptors (Lipinski definition) is 6. The van der Waals surface area contributed by atoms with Gasteiger partial charge in [0.2, 0.25) is 0 Å². The van der Waals surface area contributed by atoms with Gasteiger partial charge in [0, 0.05) is 17.4 Å². The van der Waals surface area contributed by atoms with Crippen LogP contribution in [-0.2, 0) is 16.1 Å². The molecule has 0 fully saturated rings. The van der Waals surface area contributed by atoms with Crippen LogP contribution in [0.25, 0.3) is 10.2 Å². The Balaban J connectivity index is 2.11. The summed E-state index contributed by atoms with van der Waals surface area (Å²) in [4.78, 5) is 36.5. The molecule has 0 saturated heterocycles. The maximum absolute atomic E-state index is 12.3. The number of rotatable bonds is 4. The lowest BCUT2D eigenvalue weighted by Gasteiger charge is -2.05. The second-order valence-corrected chi connectivity index (χ2v) is 6.34. The summed E-state index contributed by atoms with van der Waals surface area (Å²) in [6.45, 7) is 1.96. The lowest BCUT2D eigenvalue weighted by atomic mass is 10.3. The Morgan fingerprint density at radius 2 is 2.20 bits per heavy atom. The lowest BCUT2D eigenvalue weighted by molar-refractivity contribution is -0.143. The van der Waals surface area contributed by atoms with E-state index in [2.05, 4.69) is 15.0 Å². The molecule has 0 aliphatic heterocycles. The number of aromatic nitrogens is 3. The molecule has 128 valence electrons. The van der Waals surface area contributed by atoms with Crippen LogP contribution in [0.1, 0.15) is 17.4 Å². The molecule has 3 rings (SSSR count). The minimum absolute atomic E-state index is 0.0535. The number of halogens is 1. The topological polar surface area (TPSA) is 86.4 Å². The first-order valence-electron chi connectivity index (χ1n) is 7.38. The van der Waals surface area contributed by atoms with E-state index in [0.29, 0.717) is 9.82 Å². The molecule has 0 saturated carbocycles. The Labute approximate surface area is 151 Å². The van der Waals surface area contributed by atoms with Crippen LogP contribution in [0.2, 0.25) is 5.02 Å². The first kappa shape index (κ1) is 17.2. The third-order valence-electron chi connectivity index (χ3n) is 3.22. The van der Waals surface area contributed by atoms with E-state index in [1.54, 1.807) is 29.7 Å². The SMILES string of the molecule is CCOC(=O)Cn1c(=NC(=O)c2cnccn2)sc2cc(Cl)ccc21. The van der Waals surface area contributed by atoms with Gasteiger partial charge in [-0.25, -0.2) is 4.98 Å². The summed E-state index contributed by atoms with van der Waals surface area (Å²) in [6, 6.07) is 5.25. The molecule has 2 aromatic heterocycles. The number of amides is 1. The van der Waals surface area contributed by atoms with Crippen molar-refractivity contribution in [1.29, 1.82) is 0 Å². The monoisotopic (exact) mass is 376 g/mol. The molecule has 0 unspecified atom stereocenters. The molecule has 0 aliphatic rings. The standard InChI is InChI=1S/C16H13ClN4O3S/c1-2-24-14(22)9-21-12-4-3-10(17)7-13(12)25-16(21)20-15(23)11-8-18-5-6-19-11/h3-8H,2,9H2,1H3. The summed E-state index contributed by atoms with van der Waals surface area (Å²) in [5, 5.41) is 0.559. The highest BCUT2D eigenvalue weighted by Gasteiger charge is 2.13. The van der Waals surface area contributed by atoms with Crippen LogP contribution in [-0.4, -0.2) is 33.0 Å². The van der Waals surface area contributed by atoms with E-state index >= 15 is 0 Å². The summed E-state index contributed by atoms with van der Waals surface area (Å²) in [7, 11) is 0. The van der Waals surface area contributed by atoms with Crippen molar-refractivity contribution in [2.75, 3.05) is 6.61 Å². The Kier molecular flexibility index (Phi) is 5.20. The highest BCUT2D eigenvalue weighted by atomic mass is 35.5. The number of benzene rings is 1. The van der Waals surface area contributed by atoms with Gasteiger partial charge in [-0.3, -0.25) is 14.6 Å². The van der Waals surface area contributed by atoms with E-state index in [1.807, 2.05) is 0 Å². The fourth-order valence-electron chi connectivity index (χ4n) is 2.17. The number of carbonyl (C=O) groups is 2. The molecule has 0 bridgehead atoms. The maximum Gasteiger partial charge on any atom is 0.326 e. The van der Waals surface area contributed by atoms with Crippen molar-refractivity contribution in [3.8, 4) is 0 Å². The zero-order valence-electron chi connectivity index (χ0n) is 13.2. The minimum Gasteiger partial charge on any atom is -0.465 e. The summed E-state index contributed by atoms with van der Waals surface area (Å²) in [6.07, 6.45) is 4.23. The number of carbonyl (C=O) groups excluding carboxylic acids is 2. The quantitative estimate of drug-likeness (QED) is 0.653. The van der Waals surface area contributed by atoms with Gasteiger partial charge >= 0.3 is 5.97 Å². The predicted octanol–water partition coefficient (Wildman–Crippen LogP) is 2.45. The normalized spacial score (nSPS) is 11.7. The molecule has 1 aromatic carbocycles. The molecule has 0 radical (unpaired) electrons. The fourth-order valence-corrected chi connectivity index (χ4v) is 3.48. The third-order valence-corrected chi connectivity index (χ3v) is 4.49. The van der Waals surface area contributed by atoms with Crippen molar-refractivity contribution < 1.29 is 14.3 Å². The molecule has 0 spiro atoms. The van der Waals surface area contributed by atoms with Gasteiger partial charge in [0.25, 0.3) is 5.91 Å². The van der Waals surface area contributed by atoms with Crippen molar-refractivity contribution in [2.24, 2.45) is 4.99 Å². The molecule has 2 heterocycles. The van der Waals surface area contributed by atoms with E-state index in [1.165, 1.54) is 29.9 Å². The zero-order valence-corrected chi connectivity index (χ0v) is 14.8. The number of hydrogen-bond donors (Lipinski definition) is 0. The number of esters is 1. The molecule has 3 aromatic rings. The summed E-state index contributed by atoms with van der Waals surface area (Å²) in [5.74, 6) is -0.950. The highest BCUT2D eigenvalue weighted by molar-refractivity contribution is 7.16. The average molecular weight is 377 g/mol. The van der Waals surface area contributed by atoms with Gasteiger partial charge in [-0.15, -0.1) is 0 Å². The van der Waals surface area contributed by atoms with Crippen LogP contribution in [0.15, 0.2) is 41.8 Å². The fraction of sp³-hybridized carbons (Fsp3) is 0.188. The molecule has 0 aliphatic carbocycles. The first-order valence-corrected chi connectivity index (χ1v) is 8.57. The molecule has 7 nitrogen and oxygen atoms in total. The van der Waals surface area contributed by atoms with E-state index in [9.17, 15) is 9.59 Å². The molecular weight excluding hydrogens is 364 g/mol. The van der Waals surface area contributed by atoms with Crippen molar-refractivity contribution >= 4 is 45.0 Å². The first-order chi connectivity index (χ1) is 12.1. The number of thiazole rings is 1. The van der Waals surface area contributed by atoms with Crippen LogP contribution in [0.5, 0.6) is 0 Å². The van der Waals surface area contributed by atoms with Crippen molar-refractivity contribution in [3.63, 3.8) is 0 Å². The summed E-state index contributed by atoms with van der Waals surface area (Å²) in [5.41, 5.74) is 0.869. The maximum atomic E-state index is 12.3. The van der Waals surface area contributed by atoms with Gasteiger partial charge in [0.05, 0.1) is 23.0 Å². The Morgan fingerprint density at radius 3 is 2.92 bits per heavy atom. The van der Waals surface area contributed by atoms with E-state index in [4.69, 9.17) is 16.3 Å². The second kappa shape index (κ2) is 7.54. The zero-order chi connectivity index (χ0) is 17.8. The largest absolute Gasteiger partial charge is 0.465 e. The van der Waals surface area contributed by atoms with Crippen LogP contribution >= 0.6 is 22.9 Å². The third kappa shape index (κ3) is 3.92. The van der Waals surface area contributed by atoms with Gasteiger partial charge in [-0.1, -0.05) is 22.9 Å². The number of fused-ring (bicyclic) bond motifs is 1. The van der Waals surface area contributed by atoms with Crippen LogP contribution < -0.4 is 4.80 Å². The van der Waals surface area contributed by atoms with Crippen molar-refractivity contribution in [1.82, 2.24) is 14.5 Å². The predicted molar refractivity (Wildman–Crippen MR) is 93.4 cm³/mol. The summed E-state index contributed by atoms with van der Waals surface area (Å²) < 4.78 is 7.44. The smallest absolute Gasteiger partial charge is 0.326 e. The van der Waals surface area contributed by atoms with Gasteiger partial charge in [0.15, 0.2) is 4.80 Å². The molecule has 25 heavy (non-hydrogen) atoms. The molecule has 1 amide bonds. The summed E-state index contributed by atoms with van der Waals surface area (Å²) >= 11 is 7.28. The van der Waals surface area contributed by atoms with Gasteiger partial charge in [0.1, 0.15) is 12.2 Å². The highest BCUT2D eigenvalue weighted by Crippen LogP contribution is 2.22. The molecule has 9 heteroatoms. The Hall–Kier alpha value is -2.58. The van der Waals surface area contributed by atoms with Crippen LogP contribution in [0, 0.1) is 0 Å². The number of ether oxygens (including phenoxy) is 1. The van der Waals surface area contributed by atoms with E-state index < -0.39 is 11.9 Å². The molecular formula is C16H13ClN4O3S. The second-order valence-electron chi connectivity index (χ2n) is 4.90. The Morgan fingerprint density at radius 1 is 1.36 bits per heavy atom.